The van der Waals surface area contributed by atoms with Gasteiger partial charge in [0.15, 0.2) is 5.03 Å². The first-order valence-corrected chi connectivity index (χ1v) is 9.98. The second kappa shape index (κ2) is 5.99. The summed E-state index contributed by atoms with van der Waals surface area (Å²) in [4.78, 5) is 10.8. The lowest BCUT2D eigenvalue weighted by molar-refractivity contribution is -0.136. The lowest BCUT2D eigenvalue weighted by Crippen LogP contribution is -2.21. The third kappa shape index (κ3) is 3.41. The van der Waals surface area contributed by atoms with Crippen molar-refractivity contribution in [2.24, 2.45) is 0 Å². The molecule has 0 radical (unpaired) electrons. The molecule has 2 rings (SSSR count). The molecule has 0 fully saturated rings. The van der Waals surface area contributed by atoms with Crippen LogP contribution in [0.2, 0.25) is 0 Å². The van der Waals surface area contributed by atoms with E-state index in [1.807, 2.05) is 0 Å². The summed E-state index contributed by atoms with van der Waals surface area (Å²) in [5.41, 5.74) is 0.0340. The molecule has 1 heterocycles. The van der Waals surface area contributed by atoms with E-state index < -0.39 is 36.5 Å². The minimum absolute atomic E-state index is 0.166. The van der Waals surface area contributed by atoms with Gasteiger partial charge in [0.2, 0.25) is 0 Å². The van der Waals surface area contributed by atoms with Gasteiger partial charge >= 0.3 is 5.97 Å². The van der Waals surface area contributed by atoms with E-state index in [1.54, 1.807) is 6.07 Å². The topological polar surface area (TPSA) is 111 Å². The van der Waals surface area contributed by atoms with Gasteiger partial charge < -0.3 is 5.11 Å². The molecule has 7 nitrogen and oxygen atoms in total. The van der Waals surface area contributed by atoms with Crippen LogP contribution >= 0.6 is 10.7 Å². The molecule has 0 aliphatic rings. The van der Waals surface area contributed by atoms with E-state index >= 15 is 0 Å². The predicted octanol–water partition coefficient (Wildman–Crippen LogP) is 1.59. The Morgan fingerprint density at radius 1 is 1.17 bits per heavy atom. The van der Waals surface area contributed by atoms with E-state index in [0.29, 0.717) is 3.97 Å². The van der Waals surface area contributed by atoms with Gasteiger partial charge in [-0.25, -0.2) is 20.8 Å². The number of aryl methyl sites for hydroxylation is 1. The van der Waals surface area contributed by atoms with Gasteiger partial charge in [-0.2, -0.15) is 0 Å². The fourth-order valence-corrected chi connectivity index (χ4v) is 5.28. The van der Waals surface area contributed by atoms with Crippen LogP contribution in [0.1, 0.15) is 11.3 Å². The molecule has 0 atom stereocenters. The smallest absolute Gasteiger partial charge is 0.309 e. The third-order valence-electron chi connectivity index (χ3n) is 3.09. The number of benzene rings is 1. The molecule has 0 aliphatic carbocycles. The fourth-order valence-electron chi connectivity index (χ4n) is 2.11. The Hall–Kier alpha value is -1.84. The second-order valence-corrected chi connectivity index (χ2v) is 9.00. The molecule has 1 aromatic carbocycles. The van der Waals surface area contributed by atoms with Gasteiger partial charge in [0.05, 0.1) is 11.3 Å². The zero-order valence-electron chi connectivity index (χ0n) is 11.8. The van der Waals surface area contributed by atoms with E-state index in [0.717, 1.165) is 6.07 Å². The van der Waals surface area contributed by atoms with Gasteiger partial charge in [-0.1, -0.05) is 18.2 Å². The molecule has 1 aromatic heterocycles. The zero-order valence-corrected chi connectivity index (χ0v) is 14.2. The number of carboxylic acid groups (broad SMARTS) is 1. The zero-order chi connectivity index (χ0) is 17.4. The van der Waals surface area contributed by atoms with Crippen molar-refractivity contribution in [3.63, 3.8) is 0 Å². The molecule has 1 N–H and O–H groups in total. The lowest BCUT2D eigenvalue weighted by Gasteiger charge is -2.12. The van der Waals surface area contributed by atoms with Crippen molar-refractivity contribution in [1.29, 1.82) is 0 Å². The maximum absolute atomic E-state index is 12.8. The van der Waals surface area contributed by atoms with Crippen molar-refractivity contribution < 1.29 is 26.7 Å². The van der Waals surface area contributed by atoms with Crippen LogP contribution < -0.4 is 0 Å². The monoisotopic (exact) mass is 377 g/mol. The molecule has 0 unspecified atom stereocenters. The SMILES string of the molecule is Cc1cc(S(=O)(=O)Cl)n(S(=O)(=O)c2ccccc2)c1CC(=O)O. The highest BCUT2D eigenvalue weighted by Crippen LogP contribution is 2.28. The second-order valence-electron chi connectivity index (χ2n) is 4.70. The number of carbonyl (C=O) groups is 1. The van der Waals surface area contributed by atoms with Crippen LogP contribution in [0.3, 0.4) is 0 Å². The molecule has 0 amide bonds. The molecule has 23 heavy (non-hydrogen) atoms. The van der Waals surface area contributed by atoms with Crippen molar-refractivity contribution in [1.82, 2.24) is 3.97 Å². The average Bonchev–Trinajstić information content (AvgIpc) is 2.77. The number of carboxylic acids is 1. The summed E-state index contributed by atoms with van der Waals surface area (Å²) < 4.78 is 49.4. The largest absolute Gasteiger partial charge is 0.481 e. The van der Waals surface area contributed by atoms with Crippen LogP contribution in [0.4, 0.5) is 0 Å². The number of halogens is 1. The van der Waals surface area contributed by atoms with Gasteiger partial charge in [-0.15, -0.1) is 0 Å². The molecule has 0 aliphatic heterocycles. The molecular weight excluding hydrogens is 366 g/mol. The average molecular weight is 378 g/mol. The highest BCUT2D eigenvalue weighted by atomic mass is 35.7. The van der Waals surface area contributed by atoms with Gasteiger partial charge in [0, 0.05) is 16.4 Å². The van der Waals surface area contributed by atoms with Crippen LogP contribution in [0.15, 0.2) is 46.3 Å². The molecule has 10 heteroatoms. The summed E-state index contributed by atoms with van der Waals surface area (Å²) in [7, 11) is -3.40. The van der Waals surface area contributed by atoms with Gasteiger partial charge in [-0.3, -0.25) is 4.79 Å². The van der Waals surface area contributed by atoms with E-state index in [2.05, 4.69) is 0 Å². The number of aromatic nitrogens is 1. The van der Waals surface area contributed by atoms with E-state index in [9.17, 15) is 21.6 Å². The molecular formula is C13H12ClNO6S2. The first-order valence-electron chi connectivity index (χ1n) is 6.23. The number of hydrogen-bond acceptors (Lipinski definition) is 5. The van der Waals surface area contributed by atoms with Gasteiger partial charge in [0.25, 0.3) is 19.1 Å². The Morgan fingerprint density at radius 2 is 1.74 bits per heavy atom. The van der Waals surface area contributed by atoms with Crippen LogP contribution in [-0.2, 0) is 30.3 Å². The molecule has 0 spiro atoms. The summed E-state index contributed by atoms with van der Waals surface area (Å²) in [6, 6.07) is 8.13. The van der Waals surface area contributed by atoms with Crippen molar-refractivity contribution in [2.75, 3.05) is 0 Å². The molecule has 124 valence electrons. The quantitative estimate of drug-likeness (QED) is 0.792. The van der Waals surface area contributed by atoms with Gasteiger partial charge in [0.1, 0.15) is 0 Å². The van der Waals surface area contributed by atoms with Crippen LogP contribution in [-0.4, -0.2) is 31.9 Å². The molecule has 2 aromatic rings. The summed E-state index contributed by atoms with van der Waals surface area (Å²) in [5, 5.41) is 8.29. The maximum Gasteiger partial charge on any atom is 0.309 e. The summed E-state index contributed by atoms with van der Waals surface area (Å²) in [6.45, 7) is 1.42. The first kappa shape index (κ1) is 17.5. The minimum atomic E-state index is -4.40. The highest BCUT2D eigenvalue weighted by Gasteiger charge is 2.31. The van der Waals surface area contributed by atoms with Crippen LogP contribution in [0, 0.1) is 6.92 Å². The number of nitrogens with zero attached hydrogens (tertiary/aromatic N) is 1. The number of hydrogen-bond donors (Lipinski definition) is 1. The predicted molar refractivity (Wildman–Crippen MR) is 82.6 cm³/mol. The maximum atomic E-state index is 12.8. The van der Waals surface area contributed by atoms with Crippen molar-refractivity contribution in [2.45, 2.75) is 23.3 Å². The lowest BCUT2D eigenvalue weighted by atomic mass is 10.2. The fraction of sp³-hybridized carbons (Fsp3) is 0.154. The van der Waals surface area contributed by atoms with E-state index in [4.69, 9.17) is 15.8 Å². The summed E-state index contributed by atoms with van der Waals surface area (Å²) in [5.74, 6) is -1.30. The first-order chi connectivity index (χ1) is 10.5. The Morgan fingerprint density at radius 3 is 2.22 bits per heavy atom. The van der Waals surface area contributed by atoms with Crippen molar-refractivity contribution in [3.05, 3.63) is 47.7 Å². The highest BCUT2D eigenvalue weighted by molar-refractivity contribution is 8.14. The van der Waals surface area contributed by atoms with Crippen molar-refractivity contribution in [3.8, 4) is 0 Å². The standard InChI is InChI=1S/C13H12ClNO6S2/c1-9-7-12(22(14,18)19)15(11(9)8-13(16)17)23(20,21)10-5-3-2-4-6-10/h2-7H,8H2,1H3,(H,16,17). The number of aliphatic carboxylic acids is 1. The van der Waals surface area contributed by atoms with Crippen LogP contribution in [0.5, 0.6) is 0 Å². The van der Waals surface area contributed by atoms with Crippen molar-refractivity contribution >= 4 is 35.7 Å². The van der Waals surface area contributed by atoms with Crippen LogP contribution in [0.25, 0.3) is 0 Å². The Bertz CT molecular complexity index is 961. The third-order valence-corrected chi connectivity index (χ3v) is 6.25. The number of rotatable bonds is 5. The summed E-state index contributed by atoms with van der Waals surface area (Å²) >= 11 is 0. The Labute approximate surface area is 137 Å². The van der Waals surface area contributed by atoms with Gasteiger partial charge in [-0.05, 0) is 30.7 Å². The Kier molecular flexibility index (Phi) is 4.56. The normalized spacial score (nSPS) is 12.3. The summed E-state index contributed by atoms with van der Waals surface area (Å²) in [6.07, 6.45) is -0.662. The minimum Gasteiger partial charge on any atom is -0.481 e. The van der Waals surface area contributed by atoms with E-state index in [-0.39, 0.29) is 16.2 Å². The molecule has 0 bridgehead atoms. The van der Waals surface area contributed by atoms with E-state index in [1.165, 1.54) is 31.2 Å². The Balaban J connectivity index is 2.86. The molecule has 0 saturated heterocycles. The molecule has 0 saturated carbocycles.